The summed E-state index contributed by atoms with van der Waals surface area (Å²) in [5.41, 5.74) is 0. The topological polar surface area (TPSA) is 35.5 Å². The van der Waals surface area contributed by atoms with Crippen LogP contribution >= 0.6 is 0 Å². The predicted octanol–water partition coefficient (Wildman–Crippen LogP) is 0.442. The third-order valence-electron chi connectivity index (χ3n) is 1.87. The highest BCUT2D eigenvalue weighted by atomic mass is 16.5. The van der Waals surface area contributed by atoms with Gasteiger partial charge in [0.25, 0.3) is 0 Å². The molecule has 0 saturated carbocycles. The number of carbonyl (C=O) groups is 1. The summed E-state index contributed by atoms with van der Waals surface area (Å²) >= 11 is 0. The summed E-state index contributed by atoms with van der Waals surface area (Å²) in [6.07, 6.45) is 0. The lowest BCUT2D eigenvalue weighted by molar-refractivity contribution is -0.146. The minimum atomic E-state index is -0.148. The van der Waals surface area contributed by atoms with E-state index < -0.39 is 0 Å². The first-order valence-electron chi connectivity index (χ1n) is 3.41. The summed E-state index contributed by atoms with van der Waals surface area (Å²) in [5, 5.41) is 0. The zero-order valence-electron chi connectivity index (χ0n) is 6.29. The van der Waals surface area contributed by atoms with Crippen molar-refractivity contribution < 1.29 is 14.3 Å². The van der Waals surface area contributed by atoms with Crippen molar-refractivity contribution in [2.45, 2.75) is 6.92 Å². The Morgan fingerprint density at radius 3 is 2.70 bits per heavy atom. The largest absolute Gasteiger partial charge is 0.469 e. The molecule has 58 valence electrons. The van der Waals surface area contributed by atoms with E-state index >= 15 is 0 Å². The molecule has 10 heavy (non-hydrogen) atoms. The highest BCUT2D eigenvalue weighted by Crippen LogP contribution is 2.20. The molecule has 1 aliphatic rings. The average Bonchev–Trinajstić information content (AvgIpc) is 2.34. The van der Waals surface area contributed by atoms with Crippen molar-refractivity contribution in [2.24, 2.45) is 11.8 Å². The molecule has 1 fully saturated rings. The van der Waals surface area contributed by atoms with Crippen molar-refractivity contribution in [3.05, 3.63) is 0 Å². The zero-order valence-corrected chi connectivity index (χ0v) is 6.29. The summed E-state index contributed by atoms with van der Waals surface area (Å²) in [5.74, 6) is 0.127. The van der Waals surface area contributed by atoms with Gasteiger partial charge in [0.05, 0.1) is 26.2 Å². The van der Waals surface area contributed by atoms with Gasteiger partial charge in [-0.1, -0.05) is 6.92 Å². The number of methoxy groups -OCH3 is 1. The summed E-state index contributed by atoms with van der Waals surface area (Å²) in [4.78, 5) is 10.9. The highest BCUT2D eigenvalue weighted by Gasteiger charge is 2.31. The van der Waals surface area contributed by atoms with Crippen LogP contribution in [0.15, 0.2) is 0 Å². The van der Waals surface area contributed by atoms with Gasteiger partial charge in [0.2, 0.25) is 0 Å². The number of hydrogen-bond donors (Lipinski definition) is 0. The molecule has 0 amide bonds. The van der Waals surface area contributed by atoms with Gasteiger partial charge in [-0.05, 0) is 5.92 Å². The van der Waals surface area contributed by atoms with Crippen LogP contribution in [-0.2, 0) is 14.3 Å². The Labute approximate surface area is 60.3 Å². The lowest BCUT2D eigenvalue weighted by atomic mass is 9.99. The molecule has 1 aliphatic heterocycles. The molecule has 1 heterocycles. The van der Waals surface area contributed by atoms with Crippen LogP contribution in [0.4, 0.5) is 0 Å². The molecule has 1 saturated heterocycles. The molecule has 3 heteroatoms. The van der Waals surface area contributed by atoms with Gasteiger partial charge in [0.15, 0.2) is 0 Å². The Bertz CT molecular complexity index is 133. The van der Waals surface area contributed by atoms with Crippen LogP contribution in [0.5, 0.6) is 0 Å². The molecule has 0 radical (unpaired) electrons. The lowest BCUT2D eigenvalue weighted by Crippen LogP contribution is -2.21. The summed E-state index contributed by atoms with van der Waals surface area (Å²) < 4.78 is 9.68. The van der Waals surface area contributed by atoms with Gasteiger partial charge < -0.3 is 9.47 Å². The monoisotopic (exact) mass is 144 g/mol. The van der Waals surface area contributed by atoms with Crippen LogP contribution in [0, 0.1) is 11.8 Å². The van der Waals surface area contributed by atoms with E-state index in [-0.39, 0.29) is 11.9 Å². The lowest BCUT2D eigenvalue weighted by Gasteiger charge is -2.08. The quantitative estimate of drug-likeness (QED) is 0.501. The van der Waals surface area contributed by atoms with Crippen molar-refractivity contribution in [3.8, 4) is 0 Å². The van der Waals surface area contributed by atoms with Gasteiger partial charge in [-0.25, -0.2) is 0 Å². The fourth-order valence-electron chi connectivity index (χ4n) is 1.11. The molecule has 0 N–H and O–H groups in total. The predicted molar refractivity (Wildman–Crippen MR) is 35.5 cm³/mol. The van der Waals surface area contributed by atoms with Crippen molar-refractivity contribution in [1.82, 2.24) is 0 Å². The number of hydrogen-bond acceptors (Lipinski definition) is 3. The maximum absolute atomic E-state index is 10.9. The van der Waals surface area contributed by atoms with E-state index in [2.05, 4.69) is 4.74 Å². The van der Waals surface area contributed by atoms with Gasteiger partial charge in [0.1, 0.15) is 0 Å². The van der Waals surface area contributed by atoms with E-state index in [0.717, 1.165) is 0 Å². The molecule has 0 aromatic rings. The number of carbonyl (C=O) groups excluding carboxylic acids is 1. The molecular weight excluding hydrogens is 132 g/mol. The van der Waals surface area contributed by atoms with Crippen LogP contribution in [0.1, 0.15) is 6.92 Å². The first-order chi connectivity index (χ1) is 4.75. The fraction of sp³-hybridized carbons (Fsp3) is 0.857. The smallest absolute Gasteiger partial charge is 0.311 e. The minimum absolute atomic E-state index is 0.0370. The second-order valence-corrected chi connectivity index (χ2v) is 2.64. The molecule has 2 atom stereocenters. The first-order valence-corrected chi connectivity index (χ1v) is 3.41. The van der Waals surface area contributed by atoms with Gasteiger partial charge in [-0.2, -0.15) is 0 Å². The van der Waals surface area contributed by atoms with E-state index in [4.69, 9.17) is 4.74 Å². The van der Waals surface area contributed by atoms with Crippen molar-refractivity contribution in [2.75, 3.05) is 20.3 Å². The molecule has 1 rings (SSSR count). The normalized spacial score (nSPS) is 32.2. The Kier molecular flexibility index (Phi) is 2.27. The molecular formula is C7H12O3. The molecule has 0 bridgehead atoms. The van der Waals surface area contributed by atoms with E-state index in [1.165, 1.54) is 7.11 Å². The maximum Gasteiger partial charge on any atom is 0.311 e. The molecule has 0 spiro atoms. The van der Waals surface area contributed by atoms with E-state index in [9.17, 15) is 4.79 Å². The van der Waals surface area contributed by atoms with Crippen molar-refractivity contribution in [1.29, 1.82) is 0 Å². The van der Waals surface area contributed by atoms with E-state index in [1.807, 2.05) is 6.92 Å². The number of rotatable bonds is 1. The van der Waals surface area contributed by atoms with Crippen LogP contribution in [0.2, 0.25) is 0 Å². The van der Waals surface area contributed by atoms with Gasteiger partial charge in [-0.15, -0.1) is 0 Å². The highest BCUT2D eigenvalue weighted by molar-refractivity contribution is 5.73. The van der Waals surface area contributed by atoms with Crippen LogP contribution in [-0.4, -0.2) is 26.3 Å². The first kappa shape index (κ1) is 7.54. The number of ether oxygens (including phenoxy) is 2. The number of esters is 1. The molecule has 0 aromatic heterocycles. The van der Waals surface area contributed by atoms with E-state index in [1.54, 1.807) is 0 Å². The zero-order chi connectivity index (χ0) is 7.56. The van der Waals surface area contributed by atoms with Gasteiger partial charge >= 0.3 is 5.97 Å². The SMILES string of the molecule is COC(=O)[C@H]1COC[C@H]1C. The minimum Gasteiger partial charge on any atom is -0.469 e. The van der Waals surface area contributed by atoms with Gasteiger partial charge in [0, 0.05) is 0 Å². The molecule has 0 unspecified atom stereocenters. The third-order valence-corrected chi connectivity index (χ3v) is 1.87. The fourth-order valence-corrected chi connectivity index (χ4v) is 1.11. The Balaban J connectivity index is 2.46. The second kappa shape index (κ2) is 3.01. The van der Waals surface area contributed by atoms with Gasteiger partial charge in [-0.3, -0.25) is 4.79 Å². The Morgan fingerprint density at radius 2 is 2.30 bits per heavy atom. The molecule has 0 aliphatic carbocycles. The van der Waals surface area contributed by atoms with Crippen molar-refractivity contribution >= 4 is 5.97 Å². The molecule has 0 aromatic carbocycles. The van der Waals surface area contributed by atoms with E-state index in [0.29, 0.717) is 19.1 Å². The standard InChI is InChI=1S/C7H12O3/c1-5-3-10-4-6(5)7(8)9-2/h5-6H,3-4H2,1-2H3/t5-,6+/m1/s1. The Morgan fingerprint density at radius 1 is 1.60 bits per heavy atom. The Hall–Kier alpha value is -0.570. The molecule has 3 nitrogen and oxygen atoms in total. The summed E-state index contributed by atoms with van der Waals surface area (Å²) in [6, 6.07) is 0. The third kappa shape index (κ3) is 1.29. The van der Waals surface area contributed by atoms with Crippen molar-refractivity contribution in [3.63, 3.8) is 0 Å². The van der Waals surface area contributed by atoms with Crippen LogP contribution in [0.3, 0.4) is 0 Å². The second-order valence-electron chi connectivity index (χ2n) is 2.64. The van der Waals surface area contributed by atoms with Crippen LogP contribution in [0.25, 0.3) is 0 Å². The average molecular weight is 144 g/mol. The summed E-state index contributed by atoms with van der Waals surface area (Å²) in [6.45, 7) is 3.20. The maximum atomic E-state index is 10.9. The summed E-state index contributed by atoms with van der Waals surface area (Å²) in [7, 11) is 1.41. The van der Waals surface area contributed by atoms with Crippen LogP contribution < -0.4 is 0 Å².